The van der Waals surface area contributed by atoms with Crippen LogP contribution in [0.4, 0.5) is 13.2 Å². The summed E-state index contributed by atoms with van der Waals surface area (Å²) in [4.78, 5) is 3.60. The third-order valence-electron chi connectivity index (χ3n) is 2.11. The van der Waals surface area contributed by atoms with Crippen molar-refractivity contribution < 1.29 is 23.0 Å². The minimum absolute atomic E-state index is 0.0830. The van der Waals surface area contributed by atoms with Gasteiger partial charge in [-0.3, -0.25) is 0 Å². The van der Waals surface area contributed by atoms with Crippen LogP contribution in [0.3, 0.4) is 0 Å². The molecule has 0 amide bonds. The Morgan fingerprint density at radius 1 is 1.00 bits per heavy atom. The molecule has 0 saturated carbocycles. The Morgan fingerprint density at radius 2 is 1.67 bits per heavy atom. The number of halogens is 3. The highest BCUT2D eigenvalue weighted by molar-refractivity contribution is 5.32. The monoisotopic (exact) mass is 255 g/mol. The molecule has 2 rings (SSSR count). The van der Waals surface area contributed by atoms with Crippen LogP contribution in [0, 0.1) is 17.5 Å². The molecule has 18 heavy (non-hydrogen) atoms. The average molecular weight is 255 g/mol. The summed E-state index contributed by atoms with van der Waals surface area (Å²) in [6.45, 7) is -0.502. The van der Waals surface area contributed by atoms with Crippen molar-refractivity contribution in [3.05, 3.63) is 53.5 Å². The molecular weight excluding hydrogens is 247 g/mol. The van der Waals surface area contributed by atoms with Gasteiger partial charge in [-0.2, -0.15) is 0 Å². The van der Waals surface area contributed by atoms with Crippen molar-refractivity contribution >= 4 is 0 Å². The number of rotatable bonds is 3. The summed E-state index contributed by atoms with van der Waals surface area (Å²) in [5, 5.41) is 9.00. The SMILES string of the molecule is OCc1cc(F)cnc1Oc1cc(F)cc(F)c1. The molecule has 6 heteroatoms. The second-order valence-corrected chi connectivity index (χ2v) is 3.48. The van der Waals surface area contributed by atoms with Gasteiger partial charge in [0.25, 0.3) is 0 Å². The number of aromatic nitrogens is 1. The summed E-state index contributed by atoms with van der Waals surface area (Å²) >= 11 is 0. The van der Waals surface area contributed by atoms with E-state index >= 15 is 0 Å². The number of hydrogen-bond donors (Lipinski definition) is 1. The van der Waals surface area contributed by atoms with Crippen LogP contribution in [-0.4, -0.2) is 10.1 Å². The van der Waals surface area contributed by atoms with Crippen molar-refractivity contribution in [2.24, 2.45) is 0 Å². The topological polar surface area (TPSA) is 42.4 Å². The second kappa shape index (κ2) is 5.05. The quantitative estimate of drug-likeness (QED) is 0.917. The van der Waals surface area contributed by atoms with E-state index in [0.29, 0.717) is 6.07 Å². The minimum atomic E-state index is -0.808. The van der Waals surface area contributed by atoms with E-state index in [4.69, 9.17) is 9.84 Å². The molecule has 0 aliphatic carbocycles. The molecule has 0 bridgehead atoms. The van der Waals surface area contributed by atoms with E-state index in [1.807, 2.05) is 0 Å². The normalized spacial score (nSPS) is 10.4. The van der Waals surface area contributed by atoms with Crippen LogP contribution >= 0.6 is 0 Å². The summed E-state index contributed by atoms with van der Waals surface area (Å²) in [6, 6.07) is 3.63. The van der Waals surface area contributed by atoms with Crippen LogP contribution in [0.1, 0.15) is 5.56 Å². The molecule has 1 heterocycles. The summed E-state index contributed by atoms with van der Waals surface area (Å²) < 4.78 is 43.8. The molecular formula is C12H8F3NO2. The maximum atomic E-state index is 12.9. The molecule has 0 fully saturated rings. The fourth-order valence-electron chi connectivity index (χ4n) is 1.37. The van der Waals surface area contributed by atoms with Crippen LogP contribution in [0.5, 0.6) is 11.6 Å². The summed E-state index contributed by atoms with van der Waals surface area (Å²) in [7, 11) is 0. The van der Waals surface area contributed by atoms with Crippen molar-refractivity contribution in [3.63, 3.8) is 0 Å². The maximum Gasteiger partial charge on any atom is 0.224 e. The van der Waals surface area contributed by atoms with Crippen LogP contribution in [-0.2, 0) is 6.61 Å². The fraction of sp³-hybridized carbons (Fsp3) is 0.0833. The van der Waals surface area contributed by atoms with Gasteiger partial charge in [-0.25, -0.2) is 18.2 Å². The molecule has 0 spiro atoms. The number of nitrogens with zero attached hydrogens (tertiary/aromatic N) is 1. The van der Waals surface area contributed by atoms with Crippen LogP contribution < -0.4 is 4.74 Å². The van der Waals surface area contributed by atoms with Gasteiger partial charge < -0.3 is 9.84 Å². The Balaban J connectivity index is 2.33. The average Bonchev–Trinajstić information content (AvgIpc) is 2.30. The molecule has 0 aliphatic rings. The third-order valence-corrected chi connectivity index (χ3v) is 2.11. The van der Waals surface area contributed by atoms with Crippen LogP contribution in [0.25, 0.3) is 0 Å². The first kappa shape index (κ1) is 12.4. The summed E-state index contributed by atoms with van der Waals surface area (Å²) in [6.07, 6.45) is 0.879. The van der Waals surface area contributed by atoms with Gasteiger partial charge in [0, 0.05) is 23.8 Å². The van der Waals surface area contributed by atoms with Crippen LogP contribution in [0.15, 0.2) is 30.5 Å². The predicted octanol–water partition coefficient (Wildman–Crippen LogP) is 2.78. The van der Waals surface area contributed by atoms with Gasteiger partial charge in [-0.05, 0) is 6.07 Å². The van der Waals surface area contributed by atoms with Crippen molar-refractivity contribution in [3.8, 4) is 11.6 Å². The van der Waals surface area contributed by atoms with Gasteiger partial charge in [0.05, 0.1) is 12.8 Å². The highest BCUT2D eigenvalue weighted by Crippen LogP contribution is 2.25. The maximum absolute atomic E-state index is 12.9. The lowest BCUT2D eigenvalue weighted by Gasteiger charge is -2.08. The molecule has 0 aliphatic heterocycles. The Morgan fingerprint density at radius 3 is 2.28 bits per heavy atom. The first-order chi connectivity index (χ1) is 8.58. The first-order valence-corrected chi connectivity index (χ1v) is 4.97. The first-order valence-electron chi connectivity index (χ1n) is 4.97. The standard InChI is InChI=1S/C12H8F3NO2/c13-8-2-9(14)4-11(3-8)18-12-7(6-17)1-10(15)5-16-12/h1-5,17H,6H2. The molecule has 0 atom stereocenters. The molecule has 1 N–H and O–H groups in total. The van der Waals surface area contributed by atoms with E-state index in [9.17, 15) is 13.2 Å². The lowest BCUT2D eigenvalue weighted by atomic mass is 10.3. The highest BCUT2D eigenvalue weighted by atomic mass is 19.1. The summed E-state index contributed by atoms with van der Waals surface area (Å²) in [5.41, 5.74) is 0.0830. The molecule has 1 aromatic carbocycles. The number of aliphatic hydroxyl groups excluding tert-OH is 1. The fourth-order valence-corrected chi connectivity index (χ4v) is 1.37. The van der Waals surface area contributed by atoms with Crippen molar-refractivity contribution in [2.45, 2.75) is 6.61 Å². The number of pyridine rings is 1. The lowest BCUT2D eigenvalue weighted by Crippen LogP contribution is -1.97. The van der Waals surface area contributed by atoms with Gasteiger partial charge in [-0.15, -0.1) is 0 Å². The number of benzene rings is 1. The van der Waals surface area contributed by atoms with Crippen molar-refractivity contribution in [1.29, 1.82) is 0 Å². The van der Waals surface area contributed by atoms with E-state index in [-0.39, 0.29) is 17.2 Å². The number of ether oxygens (including phenoxy) is 1. The highest BCUT2D eigenvalue weighted by Gasteiger charge is 2.09. The van der Waals surface area contributed by atoms with Gasteiger partial charge in [0.2, 0.25) is 5.88 Å². The van der Waals surface area contributed by atoms with Crippen molar-refractivity contribution in [2.75, 3.05) is 0 Å². The Hall–Kier alpha value is -2.08. The molecule has 0 radical (unpaired) electrons. The van der Waals surface area contributed by atoms with E-state index < -0.39 is 24.1 Å². The zero-order chi connectivity index (χ0) is 13.1. The lowest BCUT2D eigenvalue weighted by molar-refractivity contribution is 0.274. The Labute approximate surface area is 100 Å². The number of hydrogen-bond acceptors (Lipinski definition) is 3. The van der Waals surface area contributed by atoms with Gasteiger partial charge in [0.1, 0.15) is 23.2 Å². The van der Waals surface area contributed by atoms with E-state index in [1.54, 1.807) is 0 Å². The van der Waals surface area contributed by atoms with E-state index in [2.05, 4.69) is 4.98 Å². The van der Waals surface area contributed by atoms with Crippen molar-refractivity contribution in [1.82, 2.24) is 4.98 Å². The van der Waals surface area contributed by atoms with Gasteiger partial charge >= 0.3 is 0 Å². The molecule has 0 saturated heterocycles. The summed E-state index contributed by atoms with van der Waals surface area (Å²) in [5.74, 6) is -2.49. The van der Waals surface area contributed by atoms with E-state index in [0.717, 1.165) is 24.4 Å². The van der Waals surface area contributed by atoms with Gasteiger partial charge in [0.15, 0.2) is 0 Å². The predicted molar refractivity (Wildman–Crippen MR) is 56.5 cm³/mol. The molecule has 2 aromatic rings. The largest absolute Gasteiger partial charge is 0.438 e. The third kappa shape index (κ3) is 2.78. The van der Waals surface area contributed by atoms with E-state index in [1.165, 1.54) is 0 Å². The zero-order valence-electron chi connectivity index (χ0n) is 9.03. The molecule has 3 nitrogen and oxygen atoms in total. The minimum Gasteiger partial charge on any atom is -0.438 e. The van der Waals surface area contributed by atoms with Gasteiger partial charge in [-0.1, -0.05) is 0 Å². The zero-order valence-corrected chi connectivity index (χ0v) is 9.03. The molecule has 0 unspecified atom stereocenters. The Bertz CT molecular complexity index is 555. The second-order valence-electron chi connectivity index (χ2n) is 3.48. The number of aliphatic hydroxyl groups is 1. The molecule has 1 aromatic heterocycles. The molecule has 94 valence electrons. The Kier molecular flexibility index (Phi) is 3.47. The smallest absolute Gasteiger partial charge is 0.224 e. The van der Waals surface area contributed by atoms with Crippen LogP contribution in [0.2, 0.25) is 0 Å².